The van der Waals surface area contributed by atoms with Crippen molar-refractivity contribution in [3.63, 3.8) is 0 Å². The molecule has 1 unspecified atom stereocenters. The van der Waals surface area contributed by atoms with E-state index in [-0.39, 0.29) is 11.8 Å². The van der Waals surface area contributed by atoms with Gasteiger partial charge in [-0.2, -0.15) is 4.98 Å². The number of carbonyl (C=O) groups is 1. The predicted octanol–water partition coefficient (Wildman–Crippen LogP) is 4.25. The van der Waals surface area contributed by atoms with Gasteiger partial charge in [0.05, 0.1) is 12.5 Å². The quantitative estimate of drug-likeness (QED) is 0.613. The van der Waals surface area contributed by atoms with Crippen LogP contribution in [0.3, 0.4) is 0 Å². The number of piperidine rings is 1. The zero-order valence-electron chi connectivity index (χ0n) is 17.5. The van der Waals surface area contributed by atoms with Gasteiger partial charge in [-0.15, -0.1) is 0 Å². The summed E-state index contributed by atoms with van der Waals surface area (Å²) in [5, 5.41) is 4.03. The number of aromatic nitrogens is 2. The Morgan fingerprint density at radius 3 is 2.53 bits per heavy atom. The van der Waals surface area contributed by atoms with Crippen LogP contribution >= 0.6 is 0 Å². The van der Waals surface area contributed by atoms with Gasteiger partial charge < -0.3 is 14.2 Å². The van der Waals surface area contributed by atoms with Crippen molar-refractivity contribution in [2.45, 2.75) is 32.1 Å². The smallest absolute Gasteiger partial charge is 0.253 e. The number of rotatable bonds is 6. The molecule has 0 N–H and O–H groups in total. The number of carbonyl (C=O) groups excluding carboxylic acids is 1. The van der Waals surface area contributed by atoms with Crippen LogP contribution in [0.25, 0.3) is 11.1 Å². The third-order valence-corrected chi connectivity index (χ3v) is 5.59. The maximum atomic E-state index is 13.1. The van der Waals surface area contributed by atoms with Crippen molar-refractivity contribution in [1.29, 1.82) is 0 Å². The molecule has 156 valence electrons. The third kappa shape index (κ3) is 4.60. The predicted molar refractivity (Wildman–Crippen MR) is 114 cm³/mol. The Morgan fingerprint density at radius 1 is 1.13 bits per heavy atom. The maximum Gasteiger partial charge on any atom is 0.253 e. The summed E-state index contributed by atoms with van der Waals surface area (Å²) < 4.78 is 10.5. The van der Waals surface area contributed by atoms with E-state index in [1.165, 1.54) is 5.56 Å². The van der Waals surface area contributed by atoms with Crippen LogP contribution in [0.5, 0.6) is 0 Å². The summed E-state index contributed by atoms with van der Waals surface area (Å²) in [5.74, 6) is 1.41. The minimum Gasteiger partial charge on any atom is -0.384 e. The van der Waals surface area contributed by atoms with Gasteiger partial charge in [0.25, 0.3) is 5.91 Å². The minimum absolute atomic E-state index is 0.0503. The van der Waals surface area contributed by atoms with E-state index in [2.05, 4.69) is 41.3 Å². The molecular weight excluding hydrogens is 378 g/mol. The molecule has 1 aliphatic heterocycles. The van der Waals surface area contributed by atoms with E-state index in [1.54, 1.807) is 7.11 Å². The minimum atomic E-state index is 0.0503. The molecule has 3 aromatic rings. The number of likely N-dealkylation sites (tertiary alicyclic amines) is 1. The molecule has 30 heavy (non-hydrogen) atoms. The molecule has 1 aromatic heterocycles. The maximum absolute atomic E-state index is 13.1. The summed E-state index contributed by atoms with van der Waals surface area (Å²) in [6.07, 6.45) is 2.50. The topological polar surface area (TPSA) is 68.5 Å². The van der Waals surface area contributed by atoms with E-state index < -0.39 is 0 Å². The second-order valence-corrected chi connectivity index (χ2v) is 7.83. The van der Waals surface area contributed by atoms with Gasteiger partial charge in [0.15, 0.2) is 5.82 Å². The van der Waals surface area contributed by atoms with Crippen molar-refractivity contribution < 1.29 is 14.1 Å². The first-order valence-corrected chi connectivity index (χ1v) is 10.4. The Labute approximate surface area is 176 Å². The summed E-state index contributed by atoms with van der Waals surface area (Å²) >= 11 is 0. The molecule has 0 radical (unpaired) electrons. The van der Waals surface area contributed by atoms with Crippen molar-refractivity contribution in [2.75, 3.05) is 26.8 Å². The highest BCUT2D eigenvalue weighted by Crippen LogP contribution is 2.27. The Balaban J connectivity index is 1.42. The molecule has 0 spiro atoms. The van der Waals surface area contributed by atoms with E-state index in [1.807, 2.05) is 29.2 Å². The second kappa shape index (κ2) is 9.22. The first-order chi connectivity index (χ1) is 14.6. The first-order valence-electron chi connectivity index (χ1n) is 10.4. The molecule has 0 saturated carbocycles. The number of aryl methyl sites for hydroxylation is 1. The van der Waals surface area contributed by atoms with E-state index in [0.29, 0.717) is 36.9 Å². The number of methoxy groups -OCH3 is 1. The number of hydrogen-bond acceptors (Lipinski definition) is 5. The number of benzene rings is 2. The molecular formula is C24H27N3O3. The van der Waals surface area contributed by atoms with Crippen LogP contribution in [0.1, 0.15) is 46.4 Å². The van der Waals surface area contributed by atoms with Gasteiger partial charge in [0, 0.05) is 32.2 Å². The van der Waals surface area contributed by atoms with Crippen LogP contribution in [0, 0.1) is 6.92 Å². The van der Waals surface area contributed by atoms with Crippen molar-refractivity contribution in [3.8, 4) is 11.1 Å². The van der Waals surface area contributed by atoms with Gasteiger partial charge in [-0.25, -0.2) is 0 Å². The summed E-state index contributed by atoms with van der Waals surface area (Å²) in [6, 6.07) is 16.3. The molecule has 6 heteroatoms. The number of amides is 1. The fraction of sp³-hybridized carbons (Fsp3) is 0.375. The molecule has 1 aliphatic rings. The van der Waals surface area contributed by atoms with Crippen LogP contribution in [-0.4, -0.2) is 47.8 Å². The van der Waals surface area contributed by atoms with E-state index in [9.17, 15) is 4.79 Å². The van der Waals surface area contributed by atoms with Gasteiger partial charge in [-0.1, -0.05) is 47.1 Å². The lowest BCUT2D eigenvalue weighted by Gasteiger charge is -2.31. The SMILES string of the molecule is COCCc1noc(C2CCCN(C(=O)c3ccc(-c4ccc(C)cc4)cc3)C2)n1. The van der Waals surface area contributed by atoms with Gasteiger partial charge in [-0.3, -0.25) is 4.79 Å². The number of hydrogen-bond donors (Lipinski definition) is 0. The van der Waals surface area contributed by atoms with Crippen molar-refractivity contribution in [1.82, 2.24) is 15.0 Å². The van der Waals surface area contributed by atoms with E-state index in [4.69, 9.17) is 9.26 Å². The molecule has 6 nitrogen and oxygen atoms in total. The highest BCUT2D eigenvalue weighted by atomic mass is 16.5. The Morgan fingerprint density at radius 2 is 1.83 bits per heavy atom. The molecule has 1 saturated heterocycles. The number of nitrogens with zero attached hydrogens (tertiary/aromatic N) is 3. The number of ether oxygens (including phenoxy) is 1. The Bertz CT molecular complexity index is 980. The second-order valence-electron chi connectivity index (χ2n) is 7.83. The highest BCUT2D eigenvalue weighted by Gasteiger charge is 2.29. The fourth-order valence-electron chi connectivity index (χ4n) is 3.83. The van der Waals surface area contributed by atoms with E-state index >= 15 is 0 Å². The van der Waals surface area contributed by atoms with Crippen LogP contribution in [0.2, 0.25) is 0 Å². The van der Waals surface area contributed by atoms with Crippen LogP contribution in [-0.2, 0) is 11.2 Å². The monoisotopic (exact) mass is 405 g/mol. The fourth-order valence-corrected chi connectivity index (χ4v) is 3.83. The van der Waals surface area contributed by atoms with Gasteiger partial charge in [0.2, 0.25) is 5.89 Å². The lowest BCUT2D eigenvalue weighted by Crippen LogP contribution is -2.39. The van der Waals surface area contributed by atoms with Gasteiger partial charge >= 0.3 is 0 Å². The molecule has 0 bridgehead atoms. The van der Waals surface area contributed by atoms with Crippen molar-refractivity contribution in [2.24, 2.45) is 0 Å². The molecule has 2 heterocycles. The summed E-state index contributed by atoms with van der Waals surface area (Å²) in [4.78, 5) is 19.4. The molecule has 2 aromatic carbocycles. The van der Waals surface area contributed by atoms with Crippen LogP contribution in [0.4, 0.5) is 0 Å². The van der Waals surface area contributed by atoms with Crippen molar-refractivity contribution >= 4 is 5.91 Å². The Kier molecular flexibility index (Phi) is 6.23. The highest BCUT2D eigenvalue weighted by molar-refractivity contribution is 5.94. The standard InChI is InChI=1S/C24H27N3O3/c1-17-5-7-18(8-6-17)19-9-11-20(12-10-19)24(28)27-14-3-4-21(16-27)23-25-22(26-30-23)13-15-29-2/h5-12,21H,3-4,13-16H2,1-2H3. The van der Waals surface area contributed by atoms with Gasteiger partial charge in [0.1, 0.15) is 0 Å². The zero-order valence-corrected chi connectivity index (χ0v) is 17.5. The summed E-state index contributed by atoms with van der Waals surface area (Å²) in [6.45, 7) is 3.99. The first kappa shape index (κ1) is 20.3. The zero-order chi connectivity index (χ0) is 20.9. The van der Waals surface area contributed by atoms with Crippen molar-refractivity contribution in [3.05, 3.63) is 71.4 Å². The van der Waals surface area contributed by atoms with Crippen LogP contribution in [0.15, 0.2) is 53.1 Å². The molecule has 1 fully saturated rings. The average Bonchev–Trinajstić information content (AvgIpc) is 3.27. The lowest BCUT2D eigenvalue weighted by molar-refractivity contribution is 0.0695. The molecule has 1 amide bonds. The average molecular weight is 405 g/mol. The summed E-state index contributed by atoms with van der Waals surface area (Å²) in [5.41, 5.74) is 4.20. The lowest BCUT2D eigenvalue weighted by atomic mass is 9.97. The molecule has 4 rings (SSSR count). The van der Waals surface area contributed by atoms with Gasteiger partial charge in [-0.05, 0) is 43.0 Å². The van der Waals surface area contributed by atoms with E-state index in [0.717, 1.165) is 30.5 Å². The normalized spacial score (nSPS) is 16.6. The molecule has 1 atom stereocenters. The summed E-state index contributed by atoms with van der Waals surface area (Å²) in [7, 11) is 1.65. The molecule has 0 aliphatic carbocycles. The largest absolute Gasteiger partial charge is 0.384 e. The van der Waals surface area contributed by atoms with Crippen LogP contribution < -0.4 is 0 Å². The third-order valence-electron chi connectivity index (χ3n) is 5.59. The Hall–Kier alpha value is -2.99.